The van der Waals surface area contributed by atoms with Crippen LogP contribution >= 0.6 is 0 Å². The van der Waals surface area contributed by atoms with E-state index in [1.165, 1.54) is 0 Å². The van der Waals surface area contributed by atoms with Crippen LogP contribution in [0.15, 0.2) is 12.1 Å². The molecule has 1 atom stereocenters. The molecule has 134 valence electrons. The van der Waals surface area contributed by atoms with Crippen LogP contribution in [0.5, 0.6) is 5.88 Å². The van der Waals surface area contributed by atoms with Gasteiger partial charge in [0.05, 0.1) is 17.9 Å². The van der Waals surface area contributed by atoms with E-state index in [1.54, 1.807) is 0 Å². The molecule has 3 rings (SSSR count). The lowest BCUT2D eigenvalue weighted by Crippen LogP contribution is -2.44. The summed E-state index contributed by atoms with van der Waals surface area (Å²) in [7, 11) is 0. The third kappa shape index (κ3) is 4.35. The van der Waals surface area contributed by atoms with Gasteiger partial charge in [0.15, 0.2) is 0 Å². The molecule has 0 unspecified atom stereocenters. The SMILES string of the molecule is Cc1ccc(O[C@@H]2CCCN(C(=O)CCc3c(C)n[nH]c3C)C2)nn1. The topological polar surface area (TPSA) is 84.0 Å². The maximum atomic E-state index is 12.6. The predicted molar refractivity (Wildman–Crippen MR) is 93.4 cm³/mol. The van der Waals surface area contributed by atoms with Gasteiger partial charge in [-0.2, -0.15) is 10.2 Å². The molecule has 7 nitrogen and oxygen atoms in total. The molecule has 7 heteroatoms. The first-order valence-electron chi connectivity index (χ1n) is 8.78. The number of carbonyl (C=O) groups excluding carboxylic acids is 1. The van der Waals surface area contributed by atoms with Crippen molar-refractivity contribution in [1.82, 2.24) is 25.3 Å². The van der Waals surface area contributed by atoms with Crippen LogP contribution in [0, 0.1) is 20.8 Å². The average Bonchev–Trinajstić information content (AvgIpc) is 2.93. The first-order valence-corrected chi connectivity index (χ1v) is 8.78. The van der Waals surface area contributed by atoms with Crippen LogP contribution < -0.4 is 4.74 Å². The van der Waals surface area contributed by atoms with Gasteiger partial charge < -0.3 is 9.64 Å². The standard InChI is InChI=1S/C18H25N5O2/c1-12-6-8-17(22-19-12)25-15-5-4-10-23(11-15)18(24)9-7-16-13(2)20-21-14(16)3/h6,8,15H,4-5,7,9-11H2,1-3H3,(H,20,21)/t15-/m1/s1. The summed E-state index contributed by atoms with van der Waals surface area (Å²) < 4.78 is 5.90. The number of piperidine rings is 1. The highest BCUT2D eigenvalue weighted by molar-refractivity contribution is 5.76. The summed E-state index contributed by atoms with van der Waals surface area (Å²) in [5.74, 6) is 0.692. The van der Waals surface area contributed by atoms with Crippen molar-refractivity contribution in [1.29, 1.82) is 0 Å². The van der Waals surface area contributed by atoms with Gasteiger partial charge in [-0.15, -0.1) is 5.10 Å². The number of nitrogens with one attached hydrogen (secondary N) is 1. The number of nitrogens with zero attached hydrogens (tertiary/aromatic N) is 4. The molecule has 1 N–H and O–H groups in total. The summed E-state index contributed by atoms with van der Waals surface area (Å²) in [6.45, 7) is 7.25. The molecule has 0 aromatic carbocycles. The van der Waals surface area contributed by atoms with Crippen LogP contribution in [-0.2, 0) is 11.2 Å². The second kappa shape index (κ2) is 7.63. The van der Waals surface area contributed by atoms with Crippen molar-refractivity contribution < 1.29 is 9.53 Å². The van der Waals surface area contributed by atoms with Gasteiger partial charge in [0.2, 0.25) is 11.8 Å². The molecule has 0 bridgehead atoms. The minimum Gasteiger partial charge on any atom is -0.471 e. The number of aryl methyl sites for hydroxylation is 3. The third-order valence-corrected chi connectivity index (χ3v) is 4.66. The van der Waals surface area contributed by atoms with Gasteiger partial charge >= 0.3 is 0 Å². The van der Waals surface area contributed by atoms with Crippen molar-refractivity contribution in [3.05, 3.63) is 34.8 Å². The number of hydrogen-bond acceptors (Lipinski definition) is 5. The highest BCUT2D eigenvalue weighted by Crippen LogP contribution is 2.18. The van der Waals surface area contributed by atoms with E-state index < -0.39 is 0 Å². The van der Waals surface area contributed by atoms with E-state index in [9.17, 15) is 4.79 Å². The predicted octanol–water partition coefficient (Wildman–Crippen LogP) is 2.13. The lowest BCUT2D eigenvalue weighted by molar-refractivity contribution is -0.133. The first kappa shape index (κ1) is 17.4. The lowest BCUT2D eigenvalue weighted by Gasteiger charge is -2.32. The number of amides is 1. The first-order chi connectivity index (χ1) is 12.0. The minimum atomic E-state index is -0.0212. The second-order valence-electron chi connectivity index (χ2n) is 6.65. The Morgan fingerprint density at radius 2 is 2.16 bits per heavy atom. The van der Waals surface area contributed by atoms with Crippen LogP contribution in [0.4, 0.5) is 0 Å². The Balaban J connectivity index is 1.53. The number of H-pyrrole nitrogens is 1. The molecule has 0 aliphatic carbocycles. The van der Waals surface area contributed by atoms with Gasteiger partial charge in [0, 0.05) is 24.7 Å². The van der Waals surface area contributed by atoms with E-state index in [4.69, 9.17) is 4.74 Å². The monoisotopic (exact) mass is 343 g/mol. The normalized spacial score (nSPS) is 17.6. The lowest BCUT2D eigenvalue weighted by atomic mass is 10.0. The van der Waals surface area contributed by atoms with Gasteiger partial charge in [-0.25, -0.2) is 0 Å². The smallest absolute Gasteiger partial charge is 0.233 e. The van der Waals surface area contributed by atoms with Crippen molar-refractivity contribution >= 4 is 5.91 Å². The Labute approximate surface area is 147 Å². The molecule has 2 aromatic heterocycles. The van der Waals surface area contributed by atoms with Gasteiger partial charge in [0.1, 0.15) is 6.10 Å². The summed E-state index contributed by atoms with van der Waals surface area (Å²) in [5, 5.41) is 15.2. The zero-order valence-electron chi connectivity index (χ0n) is 15.1. The average molecular weight is 343 g/mol. The number of ether oxygens (including phenoxy) is 1. The molecule has 3 heterocycles. The highest BCUT2D eigenvalue weighted by atomic mass is 16.5. The molecule has 1 aliphatic rings. The van der Waals surface area contributed by atoms with Gasteiger partial charge in [0.25, 0.3) is 0 Å². The van der Waals surface area contributed by atoms with E-state index in [0.717, 1.165) is 48.5 Å². The molecule has 0 spiro atoms. The van der Waals surface area contributed by atoms with E-state index >= 15 is 0 Å². The fraction of sp³-hybridized carbons (Fsp3) is 0.556. The number of likely N-dealkylation sites (tertiary alicyclic amines) is 1. The molecule has 1 saturated heterocycles. The Hall–Kier alpha value is -2.44. The van der Waals surface area contributed by atoms with E-state index in [1.807, 2.05) is 37.8 Å². The number of carbonyl (C=O) groups is 1. The van der Waals surface area contributed by atoms with Crippen molar-refractivity contribution in [2.75, 3.05) is 13.1 Å². The van der Waals surface area contributed by atoms with E-state index in [-0.39, 0.29) is 12.0 Å². The van der Waals surface area contributed by atoms with Gasteiger partial charge in [-0.1, -0.05) is 0 Å². The van der Waals surface area contributed by atoms with Crippen LogP contribution in [0.2, 0.25) is 0 Å². The van der Waals surface area contributed by atoms with Crippen LogP contribution in [0.1, 0.15) is 41.9 Å². The third-order valence-electron chi connectivity index (χ3n) is 4.66. The maximum Gasteiger partial charge on any atom is 0.233 e. The van der Waals surface area contributed by atoms with Gasteiger partial charge in [-0.3, -0.25) is 9.89 Å². The fourth-order valence-electron chi connectivity index (χ4n) is 3.21. The number of rotatable bonds is 5. The quantitative estimate of drug-likeness (QED) is 0.899. The Morgan fingerprint density at radius 3 is 2.84 bits per heavy atom. The molecule has 2 aromatic rings. The molecule has 1 fully saturated rings. The zero-order valence-corrected chi connectivity index (χ0v) is 15.1. The summed E-state index contributed by atoms with van der Waals surface area (Å²) in [6.07, 6.45) is 3.07. The molecule has 1 amide bonds. The maximum absolute atomic E-state index is 12.6. The van der Waals surface area contributed by atoms with E-state index in [2.05, 4.69) is 20.4 Å². The molecule has 25 heavy (non-hydrogen) atoms. The Kier molecular flexibility index (Phi) is 5.31. The van der Waals surface area contributed by atoms with Crippen LogP contribution in [0.3, 0.4) is 0 Å². The van der Waals surface area contributed by atoms with Crippen molar-refractivity contribution in [3.8, 4) is 5.88 Å². The minimum absolute atomic E-state index is 0.0212. The number of aromatic nitrogens is 4. The van der Waals surface area contributed by atoms with E-state index in [0.29, 0.717) is 18.8 Å². The van der Waals surface area contributed by atoms with Crippen molar-refractivity contribution in [3.63, 3.8) is 0 Å². The van der Waals surface area contributed by atoms with Crippen LogP contribution in [0.25, 0.3) is 0 Å². The van der Waals surface area contributed by atoms with Crippen LogP contribution in [-0.4, -0.2) is 50.4 Å². The summed E-state index contributed by atoms with van der Waals surface area (Å²) in [6, 6.07) is 3.71. The molecular weight excluding hydrogens is 318 g/mol. The van der Waals surface area contributed by atoms with Gasteiger partial charge in [-0.05, 0) is 51.7 Å². The van der Waals surface area contributed by atoms with Crippen molar-refractivity contribution in [2.45, 2.75) is 52.6 Å². The molecular formula is C18H25N5O2. The number of hydrogen-bond donors (Lipinski definition) is 1. The Morgan fingerprint density at radius 1 is 1.32 bits per heavy atom. The second-order valence-corrected chi connectivity index (χ2v) is 6.65. The molecule has 0 saturated carbocycles. The zero-order chi connectivity index (χ0) is 17.8. The Bertz CT molecular complexity index is 706. The molecule has 1 aliphatic heterocycles. The fourth-order valence-corrected chi connectivity index (χ4v) is 3.21. The summed E-state index contributed by atoms with van der Waals surface area (Å²) in [5.41, 5.74) is 4.02. The largest absolute Gasteiger partial charge is 0.471 e. The molecule has 0 radical (unpaired) electrons. The summed E-state index contributed by atoms with van der Waals surface area (Å²) >= 11 is 0. The number of aromatic amines is 1. The van der Waals surface area contributed by atoms with Crippen molar-refractivity contribution in [2.24, 2.45) is 0 Å². The summed E-state index contributed by atoms with van der Waals surface area (Å²) in [4.78, 5) is 14.5. The highest BCUT2D eigenvalue weighted by Gasteiger charge is 2.25.